The van der Waals surface area contributed by atoms with E-state index in [1.165, 1.54) is 29.5 Å². The van der Waals surface area contributed by atoms with Crippen LogP contribution in [-0.2, 0) is 16.4 Å². The third-order valence-electron chi connectivity index (χ3n) is 2.41. The number of nitriles is 1. The van der Waals surface area contributed by atoms with E-state index < -0.39 is 10.0 Å². The Morgan fingerprint density at radius 1 is 1.47 bits per heavy atom. The van der Waals surface area contributed by atoms with Crippen LogP contribution in [0.2, 0.25) is 0 Å². The number of aryl methyl sites for hydroxylation is 1. The molecule has 98 valence electrons. The second-order valence-corrected chi connectivity index (χ2v) is 6.28. The number of rotatable bonds is 4. The molecule has 1 aromatic heterocycles. The van der Waals surface area contributed by atoms with Gasteiger partial charge in [0, 0.05) is 5.38 Å². The summed E-state index contributed by atoms with van der Waals surface area (Å²) in [5, 5.41) is 10.9. The van der Waals surface area contributed by atoms with Gasteiger partial charge in [-0.2, -0.15) is 5.26 Å². The predicted molar refractivity (Wildman–Crippen MR) is 73.5 cm³/mol. The quantitative estimate of drug-likeness (QED) is 0.938. The van der Waals surface area contributed by atoms with Crippen molar-refractivity contribution in [2.75, 3.05) is 4.72 Å². The highest BCUT2D eigenvalue weighted by atomic mass is 32.2. The summed E-state index contributed by atoms with van der Waals surface area (Å²) in [4.78, 5) is 4.20. The molecule has 1 N–H and O–H groups in total. The number of nitrogens with zero attached hydrogens (tertiary/aromatic N) is 2. The monoisotopic (exact) mass is 293 g/mol. The van der Waals surface area contributed by atoms with Gasteiger partial charge in [-0.05, 0) is 24.6 Å². The van der Waals surface area contributed by atoms with Gasteiger partial charge in [0.25, 0.3) is 10.0 Å². The molecule has 2 rings (SSSR count). The van der Waals surface area contributed by atoms with Crippen molar-refractivity contribution < 1.29 is 8.42 Å². The smallest absolute Gasteiger partial charge is 0.255 e. The van der Waals surface area contributed by atoms with E-state index in [2.05, 4.69) is 9.71 Å². The highest BCUT2D eigenvalue weighted by molar-refractivity contribution is 7.93. The maximum atomic E-state index is 12.1. The second-order valence-electron chi connectivity index (χ2n) is 3.74. The standard InChI is InChI=1S/C12H11N3O2S2/c1-2-10-8-18-12(14-10)15-19(16,17)11-5-3-4-9(6-11)7-13/h3-6,8H,2H2,1H3,(H,14,15). The van der Waals surface area contributed by atoms with Crippen LogP contribution in [0.5, 0.6) is 0 Å². The maximum Gasteiger partial charge on any atom is 0.263 e. The van der Waals surface area contributed by atoms with Crippen molar-refractivity contribution in [2.24, 2.45) is 0 Å². The fourth-order valence-corrected chi connectivity index (χ4v) is 3.51. The van der Waals surface area contributed by atoms with Gasteiger partial charge < -0.3 is 0 Å². The number of sulfonamides is 1. The summed E-state index contributed by atoms with van der Waals surface area (Å²) in [6.45, 7) is 1.95. The summed E-state index contributed by atoms with van der Waals surface area (Å²) in [5.41, 5.74) is 1.14. The summed E-state index contributed by atoms with van der Waals surface area (Å²) < 4.78 is 26.6. The lowest BCUT2D eigenvalue weighted by molar-refractivity contribution is 0.601. The fraction of sp³-hybridized carbons (Fsp3) is 0.167. The van der Waals surface area contributed by atoms with Crippen molar-refractivity contribution in [3.05, 3.63) is 40.9 Å². The van der Waals surface area contributed by atoms with Crippen LogP contribution in [0.4, 0.5) is 5.13 Å². The maximum absolute atomic E-state index is 12.1. The Bertz CT molecular complexity index is 729. The summed E-state index contributed by atoms with van der Waals surface area (Å²) in [5.74, 6) is 0. The average molecular weight is 293 g/mol. The molecule has 0 radical (unpaired) electrons. The van der Waals surface area contributed by atoms with E-state index in [1.54, 1.807) is 6.07 Å². The third-order valence-corrected chi connectivity index (χ3v) is 4.68. The van der Waals surface area contributed by atoms with Gasteiger partial charge in [0.05, 0.1) is 22.2 Å². The zero-order valence-corrected chi connectivity index (χ0v) is 11.8. The second kappa shape index (κ2) is 5.38. The molecule has 5 nitrogen and oxygen atoms in total. The molecular formula is C12H11N3O2S2. The lowest BCUT2D eigenvalue weighted by Gasteiger charge is -2.05. The third kappa shape index (κ3) is 3.10. The van der Waals surface area contributed by atoms with E-state index in [4.69, 9.17) is 5.26 Å². The van der Waals surface area contributed by atoms with Crippen LogP contribution in [0.25, 0.3) is 0 Å². The Hall–Kier alpha value is -1.91. The van der Waals surface area contributed by atoms with E-state index in [9.17, 15) is 8.42 Å². The number of hydrogen-bond donors (Lipinski definition) is 1. The van der Waals surface area contributed by atoms with Crippen LogP contribution in [0.1, 0.15) is 18.2 Å². The molecule has 1 aromatic carbocycles. The molecule has 0 aliphatic rings. The molecule has 0 aliphatic carbocycles. The molecule has 0 atom stereocenters. The number of thiazole rings is 1. The zero-order chi connectivity index (χ0) is 13.9. The highest BCUT2D eigenvalue weighted by Crippen LogP contribution is 2.20. The van der Waals surface area contributed by atoms with Gasteiger partial charge in [0.1, 0.15) is 0 Å². The van der Waals surface area contributed by atoms with Crippen LogP contribution in [0.15, 0.2) is 34.5 Å². The molecule has 7 heteroatoms. The van der Waals surface area contributed by atoms with Crippen LogP contribution < -0.4 is 4.72 Å². The van der Waals surface area contributed by atoms with Crippen molar-refractivity contribution in [2.45, 2.75) is 18.2 Å². The number of nitrogens with one attached hydrogen (secondary N) is 1. The van der Waals surface area contributed by atoms with Gasteiger partial charge in [0.15, 0.2) is 5.13 Å². The van der Waals surface area contributed by atoms with Crippen molar-refractivity contribution in [3.8, 4) is 6.07 Å². The van der Waals surface area contributed by atoms with Crippen LogP contribution in [0.3, 0.4) is 0 Å². The van der Waals surface area contributed by atoms with E-state index >= 15 is 0 Å². The molecule has 2 aromatic rings. The van der Waals surface area contributed by atoms with E-state index in [-0.39, 0.29) is 4.90 Å². The minimum absolute atomic E-state index is 0.0554. The van der Waals surface area contributed by atoms with Gasteiger partial charge >= 0.3 is 0 Å². The van der Waals surface area contributed by atoms with Crippen molar-refractivity contribution >= 4 is 26.5 Å². The minimum Gasteiger partial charge on any atom is -0.255 e. The zero-order valence-electron chi connectivity index (χ0n) is 10.1. The lowest BCUT2D eigenvalue weighted by Crippen LogP contribution is -2.12. The van der Waals surface area contributed by atoms with Gasteiger partial charge in [-0.1, -0.05) is 13.0 Å². The van der Waals surface area contributed by atoms with Crippen LogP contribution >= 0.6 is 11.3 Å². The first-order valence-corrected chi connectivity index (χ1v) is 7.89. The van der Waals surface area contributed by atoms with Crippen LogP contribution in [-0.4, -0.2) is 13.4 Å². The summed E-state index contributed by atoms with van der Waals surface area (Å²) in [6.07, 6.45) is 0.752. The number of hydrogen-bond acceptors (Lipinski definition) is 5. The topological polar surface area (TPSA) is 82.9 Å². The first kappa shape index (κ1) is 13.5. The number of anilines is 1. The molecule has 0 saturated heterocycles. The summed E-state index contributed by atoms with van der Waals surface area (Å²) in [7, 11) is -3.69. The van der Waals surface area contributed by atoms with Crippen molar-refractivity contribution in [1.82, 2.24) is 4.98 Å². The fourth-order valence-electron chi connectivity index (χ4n) is 1.42. The largest absolute Gasteiger partial charge is 0.263 e. The van der Waals surface area contributed by atoms with Crippen molar-refractivity contribution in [3.63, 3.8) is 0 Å². The Kier molecular flexibility index (Phi) is 3.83. The number of benzene rings is 1. The summed E-state index contributed by atoms with van der Waals surface area (Å²) >= 11 is 1.24. The van der Waals surface area contributed by atoms with Gasteiger partial charge in [-0.15, -0.1) is 11.3 Å². The molecule has 1 heterocycles. The predicted octanol–water partition coefficient (Wildman–Crippen LogP) is 2.38. The van der Waals surface area contributed by atoms with E-state index in [0.29, 0.717) is 10.7 Å². The molecule has 0 saturated carbocycles. The molecule has 19 heavy (non-hydrogen) atoms. The molecule has 0 fully saturated rings. The first-order valence-electron chi connectivity index (χ1n) is 5.52. The molecule has 0 aliphatic heterocycles. The molecule has 0 spiro atoms. The SMILES string of the molecule is CCc1csc(NS(=O)(=O)c2cccc(C#N)c2)n1. The van der Waals surface area contributed by atoms with Gasteiger partial charge in [0.2, 0.25) is 0 Å². The van der Waals surface area contributed by atoms with Gasteiger partial charge in [-0.25, -0.2) is 13.4 Å². The normalized spacial score (nSPS) is 10.9. The lowest BCUT2D eigenvalue weighted by atomic mass is 10.2. The number of aromatic nitrogens is 1. The van der Waals surface area contributed by atoms with Gasteiger partial charge in [-0.3, -0.25) is 4.72 Å². The molecule has 0 amide bonds. The first-order chi connectivity index (χ1) is 9.05. The highest BCUT2D eigenvalue weighted by Gasteiger charge is 2.16. The molecule has 0 bridgehead atoms. The Labute approximate surface area is 115 Å². The average Bonchev–Trinajstić information content (AvgIpc) is 2.85. The van der Waals surface area contributed by atoms with E-state index in [1.807, 2.05) is 18.4 Å². The minimum atomic E-state index is -3.69. The Balaban J connectivity index is 2.29. The molecular weight excluding hydrogens is 282 g/mol. The van der Waals surface area contributed by atoms with Crippen LogP contribution in [0, 0.1) is 11.3 Å². The van der Waals surface area contributed by atoms with Crippen molar-refractivity contribution in [1.29, 1.82) is 5.26 Å². The van der Waals surface area contributed by atoms with E-state index in [0.717, 1.165) is 12.1 Å². The Morgan fingerprint density at radius 3 is 2.89 bits per heavy atom. The summed E-state index contributed by atoms with van der Waals surface area (Å²) in [6, 6.07) is 7.77. The molecule has 0 unspecified atom stereocenters. The Morgan fingerprint density at radius 2 is 2.26 bits per heavy atom.